The zero-order chi connectivity index (χ0) is 37.7. The quantitative estimate of drug-likeness (QED) is 0.170. The first-order valence-electron chi connectivity index (χ1n) is 19.0. The fourth-order valence-corrected chi connectivity index (χ4v) is 9.11. The van der Waals surface area contributed by atoms with E-state index in [4.69, 9.17) is 19.9 Å². The normalized spacial score (nSPS) is 11.5. The van der Waals surface area contributed by atoms with Gasteiger partial charge in [-0.2, -0.15) is 0 Å². The zero-order valence-corrected chi connectivity index (χ0v) is 31.5. The third-order valence-electron chi connectivity index (χ3n) is 10.7. The molecule has 0 saturated carbocycles. The van der Waals surface area contributed by atoms with Crippen molar-refractivity contribution in [3.8, 4) is 67.7 Å². The monoisotopic (exact) mass is 744 g/mol. The van der Waals surface area contributed by atoms with Gasteiger partial charge in [-0.15, -0.1) is 11.3 Å². The lowest BCUT2D eigenvalue weighted by molar-refractivity contribution is 1.07. The number of benzene rings is 8. The molecule has 3 aromatic heterocycles. The predicted octanol–water partition coefficient (Wildman–Crippen LogP) is 13.9. The average molecular weight is 745 g/mol. The fourth-order valence-electron chi connectivity index (χ4n) is 7.87. The second-order valence-corrected chi connectivity index (χ2v) is 15.3. The Morgan fingerprint density at radius 2 is 0.825 bits per heavy atom. The molecule has 0 N–H and O–H groups in total. The number of pyridine rings is 1. The molecule has 266 valence electrons. The highest BCUT2D eigenvalue weighted by atomic mass is 32.1. The zero-order valence-electron chi connectivity index (χ0n) is 30.7. The molecule has 0 spiro atoms. The van der Waals surface area contributed by atoms with Crippen LogP contribution in [0.15, 0.2) is 194 Å². The van der Waals surface area contributed by atoms with Crippen LogP contribution in [0, 0.1) is 0 Å². The van der Waals surface area contributed by atoms with Crippen LogP contribution in [0.1, 0.15) is 0 Å². The SMILES string of the molecule is c1ccc(-c2ccc(-c3nc(-c4ccccc4)nc(-c4ccc(-c5ccc6c(c5)nc(-c5cccc7ccccc57)c5c7ccccc7sc65)cc4)n3)cc2)cc1. The number of aromatic nitrogens is 4. The Kier molecular flexibility index (Phi) is 7.97. The first-order chi connectivity index (χ1) is 28.2. The Hall–Kier alpha value is -7.34. The minimum Gasteiger partial charge on any atom is -0.247 e. The molecule has 0 aliphatic rings. The molecule has 3 heterocycles. The number of hydrogen-bond acceptors (Lipinski definition) is 5. The molecule has 0 fully saturated rings. The summed E-state index contributed by atoms with van der Waals surface area (Å²) in [6, 6.07) is 67.9. The molecule has 5 heteroatoms. The summed E-state index contributed by atoms with van der Waals surface area (Å²) in [4.78, 5) is 20.4. The van der Waals surface area contributed by atoms with Gasteiger partial charge in [-0.3, -0.25) is 0 Å². The maximum atomic E-state index is 5.48. The minimum absolute atomic E-state index is 0.629. The molecule has 0 atom stereocenters. The Morgan fingerprint density at radius 1 is 0.333 bits per heavy atom. The molecular formula is C52H32N4S. The van der Waals surface area contributed by atoms with Gasteiger partial charge >= 0.3 is 0 Å². The van der Waals surface area contributed by atoms with Crippen molar-refractivity contribution in [2.45, 2.75) is 0 Å². The number of fused-ring (bicyclic) bond motifs is 6. The van der Waals surface area contributed by atoms with Gasteiger partial charge in [0.05, 0.1) is 11.2 Å². The van der Waals surface area contributed by atoms with Gasteiger partial charge in [0.25, 0.3) is 0 Å². The Morgan fingerprint density at radius 3 is 1.51 bits per heavy atom. The predicted molar refractivity (Wildman–Crippen MR) is 238 cm³/mol. The van der Waals surface area contributed by atoms with E-state index in [1.165, 1.54) is 41.9 Å². The van der Waals surface area contributed by atoms with E-state index in [9.17, 15) is 0 Å². The van der Waals surface area contributed by atoms with E-state index in [1.807, 2.05) is 47.7 Å². The third-order valence-corrected chi connectivity index (χ3v) is 11.9. The van der Waals surface area contributed by atoms with E-state index < -0.39 is 0 Å². The summed E-state index contributed by atoms with van der Waals surface area (Å²) in [5.74, 6) is 1.91. The standard InChI is InChI=1S/C52H32N4S/c1-3-12-33(13-4-1)34-22-26-38(27-23-34)51-54-50(37-15-5-2-6-16-37)55-52(56-51)39-28-24-35(25-29-39)40-30-31-43-45(32-40)53-48(42-20-11-17-36-14-7-8-18-41(36)42)47-44-19-9-10-21-46(44)57-49(43)47/h1-32H. The Balaban J connectivity index is 1.00. The minimum atomic E-state index is 0.629. The Bertz CT molecular complexity index is 3260. The second-order valence-electron chi connectivity index (χ2n) is 14.2. The summed E-state index contributed by atoms with van der Waals surface area (Å²) in [5, 5.41) is 6.04. The average Bonchev–Trinajstić information content (AvgIpc) is 3.69. The fraction of sp³-hybridized carbons (Fsp3) is 0. The first kappa shape index (κ1) is 33.0. The number of hydrogen-bond donors (Lipinski definition) is 0. The highest BCUT2D eigenvalue weighted by Gasteiger charge is 2.19. The molecule has 11 rings (SSSR count). The van der Waals surface area contributed by atoms with Gasteiger partial charge in [-0.05, 0) is 45.2 Å². The van der Waals surface area contributed by atoms with Gasteiger partial charge in [-0.1, -0.05) is 182 Å². The lowest BCUT2D eigenvalue weighted by atomic mass is 9.96. The number of rotatable bonds is 6. The van der Waals surface area contributed by atoms with Crippen LogP contribution in [0.4, 0.5) is 0 Å². The van der Waals surface area contributed by atoms with Crippen LogP contribution < -0.4 is 0 Å². The maximum Gasteiger partial charge on any atom is 0.164 e. The topological polar surface area (TPSA) is 51.6 Å². The van der Waals surface area contributed by atoms with Crippen molar-refractivity contribution in [2.75, 3.05) is 0 Å². The van der Waals surface area contributed by atoms with E-state index >= 15 is 0 Å². The van der Waals surface area contributed by atoms with Crippen LogP contribution in [0.3, 0.4) is 0 Å². The summed E-state index contributed by atoms with van der Waals surface area (Å²) in [6.07, 6.45) is 0. The summed E-state index contributed by atoms with van der Waals surface area (Å²) >= 11 is 1.85. The molecule has 11 aromatic rings. The van der Waals surface area contributed by atoms with Crippen LogP contribution in [0.2, 0.25) is 0 Å². The van der Waals surface area contributed by atoms with Crippen molar-refractivity contribution in [1.82, 2.24) is 19.9 Å². The molecule has 8 aromatic carbocycles. The van der Waals surface area contributed by atoms with Gasteiger partial charge in [-0.25, -0.2) is 19.9 Å². The molecule has 0 bridgehead atoms. The molecule has 0 aliphatic heterocycles. The number of thiophene rings is 1. The molecule has 0 aliphatic carbocycles. The van der Waals surface area contributed by atoms with E-state index in [1.54, 1.807) is 0 Å². The van der Waals surface area contributed by atoms with Crippen LogP contribution >= 0.6 is 11.3 Å². The molecule has 0 radical (unpaired) electrons. The highest BCUT2D eigenvalue weighted by Crippen LogP contribution is 2.44. The first-order valence-corrected chi connectivity index (χ1v) is 19.9. The van der Waals surface area contributed by atoms with Crippen molar-refractivity contribution in [3.63, 3.8) is 0 Å². The van der Waals surface area contributed by atoms with Gasteiger partial charge in [0, 0.05) is 47.8 Å². The molecule has 4 nitrogen and oxygen atoms in total. The van der Waals surface area contributed by atoms with Crippen molar-refractivity contribution >= 4 is 53.2 Å². The Labute approximate surface area is 333 Å². The van der Waals surface area contributed by atoms with Crippen molar-refractivity contribution in [1.29, 1.82) is 0 Å². The van der Waals surface area contributed by atoms with Gasteiger partial charge < -0.3 is 0 Å². The van der Waals surface area contributed by atoms with E-state index in [0.717, 1.165) is 50.2 Å². The van der Waals surface area contributed by atoms with E-state index in [0.29, 0.717) is 17.5 Å². The summed E-state index contributed by atoms with van der Waals surface area (Å²) in [5.41, 5.74) is 10.5. The lowest BCUT2D eigenvalue weighted by Crippen LogP contribution is -2.00. The smallest absolute Gasteiger partial charge is 0.164 e. The molecule has 0 amide bonds. The molecule has 0 unspecified atom stereocenters. The molecular weight excluding hydrogens is 713 g/mol. The van der Waals surface area contributed by atoms with E-state index in [2.05, 4.69) is 158 Å². The van der Waals surface area contributed by atoms with Gasteiger partial charge in [0.15, 0.2) is 17.5 Å². The number of nitrogens with zero attached hydrogens (tertiary/aromatic N) is 4. The van der Waals surface area contributed by atoms with Crippen LogP contribution in [-0.2, 0) is 0 Å². The van der Waals surface area contributed by atoms with Crippen molar-refractivity contribution in [2.24, 2.45) is 0 Å². The van der Waals surface area contributed by atoms with Crippen LogP contribution in [0.25, 0.3) is 110 Å². The van der Waals surface area contributed by atoms with Crippen LogP contribution in [0.5, 0.6) is 0 Å². The largest absolute Gasteiger partial charge is 0.247 e. The molecule has 57 heavy (non-hydrogen) atoms. The van der Waals surface area contributed by atoms with Crippen molar-refractivity contribution in [3.05, 3.63) is 194 Å². The third kappa shape index (κ3) is 5.93. The van der Waals surface area contributed by atoms with Gasteiger partial charge in [0.2, 0.25) is 0 Å². The summed E-state index contributed by atoms with van der Waals surface area (Å²) in [6.45, 7) is 0. The lowest BCUT2D eigenvalue weighted by Gasteiger charge is -2.12. The van der Waals surface area contributed by atoms with E-state index in [-0.39, 0.29) is 0 Å². The maximum absolute atomic E-state index is 5.48. The summed E-state index contributed by atoms with van der Waals surface area (Å²) < 4.78 is 2.53. The highest BCUT2D eigenvalue weighted by molar-refractivity contribution is 7.26. The van der Waals surface area contributed by atoms with Gasteiger partial charge in [0.1, 0.15) is 0 Å². The second kappa shape index (κ2) is 13.7. The molecule has 0 saturated heterocycles. The van der Waals surface area contributed by atoms with Crippen LogP contribution in [-0.4, -0.2) is 19.9 Å². The summed E-state index contributed by atoms with van der Waals surface area (Å²) in [7, 11) is 0. The van der Waals surface area contributed by atoms with Crippen molar-refractivity contribution < 1.29 is 0 Å².